The van der Waals surface area contributed by atoms with Gasteiger partial charge in [0.1, 0.15) is 12.2 Å². The lowest BCUT2D eigenvalue weighted by Crippen LogP contribution is -2.69. The van der Waals surface area contributed by atoms with Gasteiger partial charge in [-0.1, -0.05) is 56.7 Å². The summed E-state index contributed by atoms with van der Waals surface area (Å²) in [5.74, 6) is 1.29. The molecule has 2 aromatic rings. The SMILES string of the molecule is CCCCOc1ccc2c3c1O[C@@H]1C3[C@@](OCC(O)C(O)c3ccccc3)(CCC13OCCO3)[C@H](N(CC)CC1CC1)C2. The lowest BCUT2D eigenvalue weighted by Gasteiger charge is -2.57. The minimum absolute atomic E-state index is 0.0167. The van der Waals surface area contributed by atoms with Crippen LogP contribution in [0.5, 0.6) is 11.5 Å². The summed E-state index contributed by atoms with van der Waals surface area (Å²) in [6, 6.07) is 13.7. The topological polar surface area (TPSA) is 89.9 Å². The molecule has 3 fully saturated rings. The minimum atomic E-state index is -1.07. The van der Waals surface area contributed by atoms with Crippen molar-refractivity contribution in [2.45, 2.75) is 100 Å². The van der Waals surface area contributed by atoms with Gasteiger partial charge in [-0.15, -0.1) is 0 Å². The molecule has 2 N–H and O–H groups in total. The van der Waals surface area contributed by atoms with E-state index in [-0.39, 0.29) is 18.6 Å². The Morgan fingerprint density at radius 3 is 2.53 bits per heavy atom. The molecule has 2 aromatic carbocycles. The van der Waals surface area contributed by atoms with E-state index >= 15 is 0 Å². The van der Waals surface area contributed by atoms with Gasteiger partial charge < -0.3 is 33.9 Å². The molecule has 0 amide bonds. The Morgan fingerprint density at radius 2 is 1.81 bits per heavy atom. The molecule has 1 spiro atoms. The summed E-state index contributed by atoms with van der Waals surface area (Å²) >= 11 is 0. The Kier molecular flexibility index (Phi) is 8.20. The summed E-state index contributed by atoms with van der Waals surface area (Å²) in [6.07, 6.45) is 4.25. The standard InChI is InChI=1S/C35H47NO7/c1-3-5-17-39-27-14-13-25-20-28(36(4-2)21-23-11-12-23)34(42-22-26(37)31(38)24-9-7-6-8-10-24)15-16-35(40-18-19-41-35)33-30(34)29(25)32(27)43-33/h6-10,13-14,23,26,28,30-31,33,37-38H,3-5,11-12,15-22H2,1-2H3/t26?,28-,30?,31?,33-,34-/m1/s1. The fourth-order valence-electron chi connectivity index (χ4n) is 8.10. The number of unbranched alkanes of at least 4 members (excludes halogenated alkanes) is 1. The second-order valence-corrected chi connectivity index (χ2v) is 13.1. The predicted octanol–water partition coefficient (Wildman–Crippen LogP) is 4.75. The van der Waals surface area contributed by atoms with Crippen LogP contribution >= 0.6 is 0 Å². The summed E-state index contributed by atoms with van der Waals surface area (Å²) in [7, 11) is 0. The molecule has 234 valence electrons. The van der Waals surface area contributed by atoms with Gasteiger partial charge in [0.25, 0.3) is 0 Å². The lowest BCUT2D eigenvalue weighted by molar-refractivity contribution is -0.275. The first-order chi connectivity index (χ1) is 21.0. The van der Waals surface area contributed by atoms with Crippen LogP contribution in [-0.4, -0.2) is 84.3 Å². The Balaban J connectivity index is 1.29. The van der Waals surface area contributed by atoms with Gasteiger partial charge in [0.2, 0.25) is 5.79 Å². The molecule has 2 saturated carbocycles. The van der Waals surface area contributed by atoms with Crippen LogP contribution < -0.4 is 9.47 Å². The van der Waals surface area contributed by atoms with Crippen molar-refractivity contribution in [1.82, 2.24) is 4.90 Å². The number of ether oxygens (including phenoxy) is 5. The fraction of sp³-hybridized carbons (Fsp3) is 0.657. The monoisotopic (exact) mass is 593 g/mol. The van der Waals surface area contributed by atoms with E-state index in [9.17, 15) is 10.2 Å². The van der Waals surface area contributed by atoms with Crippen LogP contribution in [0.15, 0.2) is 42.5 Å². The molecule has 8 heteroatoms. The van der Waals surface area contributed by atoms with Crippen molar-refractivity contribution in [3.05, 3.63) is 59.2 Å². The summed E-state index contributed by atoms with van der Waals surface area (Å²) in [5.41, 5.74) is 2.44. The number of fused-ring (bicyclic) bond motifs is 1. The largest absolute Gasteiger partial charge is 0.490 e. The van der Waals surface area contributed by atoms with Gasteiger partial charge in [-0.3, -0.25) is 4.90 Å². The molecule has 2 heterocycles. The molecular weight excluding hydrogens is 546 g/mol. The highest BCUT2D eigenvalue weighted by molar-refractivity contribution is 5.59. The molecular formula is C35H47NO7. The summed E-state index contributed by atoms with van der Waals surface area (Å²) in [6.45, 7) is 8.09. The maximum atomic E-state index is 11.3. The van der Waals surface area contributed by atoms with E-state index in [0.717, 1.165) is 55.3 Å². The average Bonchev–Trinajstić information content (AvgIpc) is 3.56. The van der Waals surface area contributed by atoms with Crippen LogP contribution in [0.4, 0.5) is 0 Å². The fourth-order valence-corrected chi connectivity index (χ4v) is 8.10. The van der Waals surface area contributed by atoms with Crippen LogP contribution in [-0.2, 0) is 20.6 Å². The number of hydrogen-bond donors (Lipinski definition) is 2. The van der Waals surface area contributed by atoms with E-state index in [0.29, 0.717) is 38.2 Å². The number of likely N-dealkylation sites (N-methyl/N-ethyl adjacent to an activating group) is 1. The molecule has 7 rings (SSSR count). The quantitative estimate of drug-likeness (QED) is 0.322. The highest BCUT2D eigenvalue weighted by Gasteiger charge is 2.69. The van der Waals surface area contributed by atoms with Gasteiger partial charge >= 0.3 is 0 Å². The Hall–Kier alpha value is -2.20. The zero-order valence-electron chi connectivity index (χ0n) is 25.6. The number of benzene rings is 2. The molecule has 0 radical (unpaired) electrons. The molecule has 43 heavy (non-hydrogen) atoms. The Morgan fingerprint density at radius 1 is 1.02 bits per heavy atom. The maximum Gasteiger partial charge on any atom is 0.206 e. The van der Waals surface area contributed by atoms with Crippen LogP contribution in [0, 0.1) is 5.92 Å². The predicted molar refractivity (Wildman–Crippen MR) is 161 cm³/mol. The number of nitrogens with zero attached hydrogens (tertiary/aromatic N) is 1. The zero-order chi connectivity index (χ0) is 29.6. The van der Waals surface area contributed by atoms with E-state index in [1.165, 1.54) is 18.4 Å². The first-order valence-electron chi connectivity index (χ1n) is 16.5. The number of aliphatic hydroxyl groups is 2. The molecule has 8 nitrogen and oxygen atoms in total. The number of rotatable bonds is 13. The Bertz CT molecular complexity index is 1260. The van der Waals surface area contributed by atoms with Crippen molar-refractivity contribution in [3.63, 3.8) is 0 Å². The van der Waals surface area contributed by atoms with Crippen molar-refractivity contribution in [2.75, 3.05) is 39.5 Å². The van der Waals surface area contributed by atoms with Gasteiger partial charge in [0.15, 0.2) is 17.6 Å². The van der Waals surface area contributed by atoms with E-state index in [4.69, 9.17) is 23.7 Å². The first-order valence-corrected chi connectivity index (χ1v) is 16.5. The van der Waals surface area contributed by atoms with E-state index in [1.54, 1.807) is 0 Å². The molecule has 5 aliphatic rings. The van der Waals surface area contributed by atoms with Gasteiger partial charge in [-0.25, -0.2) is 0 Å². The highest BCUT2D eigenvalue weighted by atomic mass is 16.8. The van der Waals surface area contributed by atoms with Crippen molar-refractivity contribution in [3.8, 4) is 11.5 Å². The molecule has 3 unspecified atom stereocenters. The minimum Gasteiger partial charge on any atom is -0.490 e. The molecule has 3 aliphatic carbocycles. The van der Waals surface area contributed by atoms with Crippen LogP contribution in [0.3, 0.4) is 0 Å². The van der Waals surface area contributed by atoms with Crippen molar-refractivity contribution < 1.29 is 33.9 Å². The van der Waals surface area contributed by atoms with Crippen molar-refractivity contribution >= 4 is 0 Å². The van der Waals surface area contributed by atoms with Gasteiger partial charge in [-0.05, 0) is 61.8 Å². The second-order valence-electron chi connectivity index (χ2n) is 13.1. The lowest BCUT2D eigenvalue weighted by atomic mass is 9.60. The smallest absolute Gasteiger partial charge is 0.206 e. The Labute approximate surface area is 255 Å². The summed E-state index contributed by atoms with van der Waals surface area (Å²) in [4.78, 5) is 2.61. The van der Waals surface area contributed by atoms with Crippen LogP contribution in [0.25, 0.3) is 0 Å². The molecule has 1 saturated heterocycles. The van der Waals surface area contributed by atoms with Crippen molar-refractivity contribution in [2.24, 2.45) is 5.92 Å². The molecule has 0 bridgehead atoms. The number of hydrogen-bond acceptors (Lipinski definition) is 8. The normalized spacial score (nSPS) is 29.8. The highest BCUT2D eigenvalue weighted by Crippen LogP contribution is 2.63. The van der Waals surface area contributed by atoms with Gasteiger partial charge in [-0.2, -0.15) is 0 Å². The molecule has 0 aromatic heterocycles. The van der Waals surface area contributed by atoms with Gasteiger partial charge in [0.05, 0.1) is 37.9 Å². The number of aliphatic hydroxyl groups excluding tert-OH is 2. The third-order valence-corrected chi connectivity index (χ3v) is 10.5. The second kappa shape index (κ2) is 12.0. The van der Waals surface area contributed by atoms with E-state index in [1.807, 2.05) is 30.3 Å². The average molecular weight is 594 g/mol. The first kappa shape index (κ1) is 29.5. The van der Waals surface area contributed by atoms with E-state index in [2.05, 4.69) is 30.9 Å². The maximum absolute atomic E-state index is 11.3. The third-order valence-electron chi connectivity index (χ3n) is 10.5. The molecule has 6 atom stereocenters. The summed E-state index contributed by atoms with van der Waals surface area (Å²) in [5, 5.41) is 22.3. The van der Waals surface area contributed by atoms with Crippen LogP contribution in [0.1, 0.15) is 81.1 Å². The van der Waals surface area contributed by atoms with Crippen molar-refractivity contribution in [1.29, 1.82) is 0 Å². The van der Waals surface area contributed by atoms with E-state index < -0.39 is 29.7 Å². The van der Waals surface area contributed by atoms with Gasteiger partial charge in [0, 0.05) is 24.6 Å². The zero-order valence-corrected chi connectivity index (χ0v) is 25.6. The third kappa shape index (κ3) is 5.18. The molecule has 2 aliphatic heterocycles. The van der Waals surface area contributed by atoms with Crippen LogP contribution in [0.2, 0.25) is 0 Å². The summed E-state index contributed by atoms with van der Waals surface area (Å²) < 4.78 is 33.1.